The van der Waals surface area contributed by atoms with E-state index in [0.717, 1.165) is 6.42 Å². The van der Waals surface area contributed by atoms with Gasteiger partial charge in [0.2, 0.25) is 0 Å². The quantitative estimate of drug-likeness (QED) is 0.307. The summed E-state index contributed by atoms with van der Waals surface area (Å²) >= 11 is 0. The second kappa shape index (κ2) is 9.26. The first-order valence-electron chi connectivity index (χ1n) is 4.36. The summed E-state index contributed by atoms with van der Waals surface area (Å²) in [6.07, 6.45) is 12.3. The lowest BCUT2D eigenvalue weighted by Crippen LogP contribution is -1.72. The molecule has 0 rings (SSSR count). The first-order chi connectivity index (χ1) is 5.41. The summed E-state index contributed by atoms with van der Waals surface area (Å²) in [5, 5.41) is 0. The molecule has 0 aliphatic carbocycles. The summed E-state index contributed by atoms with van der Waals surface area (Å²) in [5.41, 5.74) is 2.46. The molecule has 1 radical (unpaired) electrons. The molecule has 0 atom stereocenters. The van der Waals surface area contributed by atoms with E-state index in [1.165, 1.54) is 25.7 Å². The number of allylic oxidation sites excluding steroid dienone is 3. The Balaban J connectivity index is 3.07. The Labute approximate surface area is 70.3 Å². The van der Waals surface area contributed by atoms with E-state index >= 15 is 0 Å². The normalized spacial score (nSPS) is 9.91. The molecule has 0 saturated heterocycles. The van der Waals surface area contributed by atoms with Gasteiger partial charge in [0, 0.05) is 0 Å². The van der Waals surface area contributed by atoms with Crippen LogP contribution in [0.5, 0.6) is 0 Å². The highest BCUT2D eigenvalue weighted by atomic mass is 13.9. The molecule has 0 aromatic heterocycles. The highest BCUT2D eigenvalue weighted by molar-refractivity contribution is 4.99. The predicted octanol–water partition coefficient (Wildman–Crippen LogP) is 3.66. The molecule has 0 aromatic carbocycles. The molecule has 0 heterocycles. The van der Waals surface area contributed by atoms with Gasteiger partial charge in [-0.05, 0) is 25.5 Å². The zero-order valence-corrected chi connectivity index (χ0v) is 7.34. The Kier molecular flexibility index (Phi) is 8.64. The third-order valence-corrected chi connectivity index (χ3v) is 1.55. The van der Waals surface area contributed by atoms with Crippen molar-refractivity contribution in [3.05, 3.63) is 30.5 Å². The van der Waals surface area contributed by atoms with Crippen LogP contribution in [-0.4, -0.2) is 0 Å². The Hall–Kier alpha value is -0.740. The molecule has 0 spiro atoms. The third-order valence-electron chi connectivity index (χ3n) is 1.55. The molecule has 0 unspecified atom stereocenters. The lowest BCUT2D eigenvalue weighted by Gasteiger charge is -1.92. The third kappa shape index (κ3) is 9.26. The average molecular weight is 149 g/mol. The van der Waals surface area contributed by atoms with Crippen molar-refractivity contribution in [2.45, 2.75) is 39.0 Å². The average Bonchev–Trinajstić information content (AvgIpc) is 2.03. The summed E-state index contributed by atoms with van der Waals surface area (Å²) in [6, 6.07) is 0. The SMILES string of the molecule is [CH]=C=CC=CCCCCCC. The van der Waals surface area contributed by atoms with Crippen LogP contribution in [0.15, 0.2) is 24.0 Å². The van der Waals surface area contributed by atoms with E-state index in [2.05, 4.69) is 18.7 Å². The molecule has 0 bridgehead atoms. The fraction of sp³-hybridized carbons (Fsp3) is 0.545. The van der Waals surface area contributed by atoms with Crippen LogP contribution in [0.25, 0.3) is 0 Å². The van der Waals surface area contributed by atoms with E-state index in [1.807, 2.05) is 6.08 Å². The van der Waals surface area contributed by atoms with Crippen LogP contribution in [0.3, 0.4) is 0 Å². The second-order valence-corrected chi connectivity index (χ2v) is 2.61. The van der Waals surface area contributed by atoms with Gasteiger partial charge in [0.15, 0.2) is 0 Å². The van der Waals surface area contributed by atoms with Gasteiger partial charge in [-0.1, -0.05) is 38.3 Å². The van der Waals surface area contributed by atoms with E-state index in [4.69, 9.17) is 6.58 Å². The van der Waals surface area contributed by atoms with Crippen molar-refractivity contribution >= 4 is 0 Å². The van der Waals surface area contributed by atoms with Crippen molar-refractivity contribution < 1.29 is 0 Å². The summed E-state index contributed by atoms with van der Waals surface area (Å²) < 4.78 is 0. The van der Waals surface area contributed by atoms with Crippen molar-refractivity contribution in [1.82, 2.24) is 0 Å². The van der Waals surface area contributed by atoms with Crippen LogP contribution in [0.2, 0.25) is 0 Å². The first kappa shape index (κ1) is 10.3. The van der Waals surface area contributed by atoms with Crippen LogP contribution in [-0.2, 0) is 0 Å². The summed E-state index contributed by atoms with van der Waals surface area (Å²) in [6.45, 7) is 7.26. The van der Waals surface area contributed by atoms with Crippen molar-refractivity contribution in [1.29, 1.82) is 0 Å². The maximum absolute atomic E-state index is 5.03. The minimum Gasteiger partial charge on any atom is -0.120 e. The highest BCUT2D eigenvalue weighted by Gasteiger charge is 1.82. The topological polar surface area (TPSA) is 0 Å². The van der Waals surface area contributed by atoms with E-state index < -0.39 is 0 Å². The molecule has 0 heteroatoms. The van der Waals surface area contributed by atoms with Gasteiger partial charge in [0.05, 0.1) is 0 Å². The van der Waals surface area contributed by atoms with Crippen LogP contribution >= 0.6 is 0 Å². The van der Waals surface area contributed by atoms with Crippen LogP contribution < -0.4 is 0 Å². The summed E-state index contributed by atoms with van der Waals surface area (Å²) in [7, 11) is 0. The Morgan fingerprint density at radius 1 is 1.27 bits per heavy atom. The van der Waals surface area contributed by atoms with Gasteiger partial charge in [-0.25, -0.2) is 0 Å². The molecule has 61 valence electrons. The molecule has 0 amide bonds. The van der Waals surface area contributed by atoms with Crippen molar-refractivity contribution in [2.24, 2.45) is 0 Å². The van der Waals surface area contributed by atoms with E-state index in [0.29, 0.717) is 0 Å². The Morgan fingerprint density at radius 2 is 2.09 bits per heavy atom. The van der Waals surface area contributed by atoms with E-state index in [9.17, 15) is 0 Å². The molecule has 0 aliphatic rings. The van der Waals surface area contributed by atoms with Gasteiger partial charge in [-0.15, -0.1) is 5.73 Å². The highest BCUT2D eigenvalue weighted by Crippen LogP contribution is 2.02. The van der Waals surface area contributed by atoms with Gasteiger partial charge in [-0.3, -0.25) is 0 Å². The van der Waals surface area contributed by atoms with Gasteiger partial charge >= 0.3 is 0 Å². The number of unbranched alkanes of at least 4 members (excludes halogenated alkanes) is 4. The second-order valence-electron chi connectivity index (χ2n) is 2.61. The standard InChI is InChI=1S/C11H17/c1-3-5-7-9-11-10-8-6-4-2/h1,5,7,9H,4,6,8,10-11H2,2H3. The number of rotatable bonds is 6. The van der Waals surface area contributed by atoms with Crippen LogP contribution in [0.4, 0.5) is 0 Å². The molecule has 0 saturated carbocycles. The molecule has 0 aliphatic heterocycles. The molecule has 11 heavy (non-hydrogen) atoms. The molecule has 0 nitrogen and oxygen atoms in total. The minimum absolute atomic E-state index is 1.16. The van der Waals surface area contributed by atoms with Gasteiger partial charge in [0.1, 0.15) is 0 Å². The number of hydrogen-bond acceptors (Lipinski definition) is 0. The fourth-order valence-electron chi connectivity index (χ4n) is 0.909. The van der Waals surface area contributed by atoms with Crippen LogP contribution in [0.1, 0.15) is 39.0 Å². The lowest BCUT2D eigenvalue weighted by molar-refractivity contribution is 0.674. The van der Waals surface area contributed by atoms with Crippen LogP contribution in [0, 0.1) is 6.58 Å². The maximum atomic E-state index is 5.03. The van der Waals surface area contributed by atoms with Gasteiger partial charge in [0.25, 0.3) is 0 Å². The zero-order valence-electron chi connectivity index (χ0n) is 7.34. The zero-order chi connectivity index (χ0) is 8.36. The molecule has 0 fully saturated rings. The Morgan fingerprint density at radius 3 is 2.73 bits per heavy atom. The van der Waals surface area contributed by atoms with Gasteiger partial charge in [-0.2, -0.15) is 0 Å². The summed E-state index contributed by atoms with van der Waals surface area (Å²) in [4.78, 5) is 0. The molecule has 0 N–H and O–H groups in total. The largest absolute Gasteiger partial charge is 0.120 e. The molecular formula is C11H17. The van der Waals surface area contributed by atoms with Crippen molar-refractivity contribution in [3.63, 3.8) is 0 Å². The summed E-state index contributed by atoms with van der Waals surface area (Å²) in [5.74, 6) is 0. The van der Waals surface area contributed by atoms with Gasteiger partial charge < -0.3 is 0 Å². The number of hydrogen-bond donors (Lipinski definition) is 0. The van der Waals surface area contributed by atoms with Crippen molar-refractivity contribution in [3.8, 4) is 0 Å². The van der Waals surface area contributed by atoms with E-state index in [1.54, 1.807) is 6.08 Å². The maximum Gasteiger partial charge on any atom is -0.0123 e. The predicted molar refractivity (Wildman–Crippen MR) is 50.3 cm³/mol. The minimum atomic E-state index is 1.16. The smallest absolute Gasteiger partial charge is 0.0123 e. The Bertz CT molecular complexity index is 136. The first-order valence-corrected chi connectivity index (χ1v) is 4.36. The van der Waals surface area contributed by atoms with Crippen molar-refractivity contribution in [2.75, 3.05) is 0 Å². The molecule has 0 aromatic rings. The monoisotopic (exact) mass is 149 g/mol. The van der Waals surface area contributed by atoms with E-state index in [-0.39, 0.29) is 0 Å². The lowest BCUT2D eigenvalue weighted by atomic mass is 10.1. The molecular weight excluding hydrogens is 132 g/mol. The fourth-order valence-corrected chi connectivity index (χ4v) is 0.909.